The molecule has 0 saturated heterocycles. The standard InChI is InChI=1S/C41H70F4/c1-25(2)36(19)26(27(3,4)28(5,6)31(11,12)39(36,22)42)37(20)33(15,16)40(43)32(13,14)29(7,8)30(9,10)34(17)23-24-35(18,38(34,40)21)41(37,44)45/h26H,1,23-24H2,2-22H3. The van der Waals surface area contributed by atoms with Crippen LogP contribution in [0, 0.1) is 70.9 Å². The topological polar surface area (TPSA) is 0 Å². The average Bonchev–Trinajstić information content (AvgIpc) is 3.09. The lowest BCUT2D eigenvalue weighted by Crippen LogP contribution is -2.89. The summed E-state index contributed by atoms with van der Waals surface area (Å²) >= 11 is 0. The molecule has 4 heteroatoms. The van der Waals surface area contributed by atoms with Gasteiger partial charge in [0.25, 0.3) is 5.92 Å². The van der Waals surface area contributed by atoms with Crippen LogP contribution in [0.2, 0.25) is 0 Å². The number of rotatable bonds is 2. The zero-order valence-electron chi connectivity index (χ0n) is 33.2. The van der Waals surface area contributed by atoms with Gasteiger partial charge in [-0.25, -0.2) is 17.6 Å². The number of allylic oxidation sites excluding steroid dienone is 1. The second-order valence-corrected chi connectivity index (χ2v) is 21.6. The Morgan fingerprint density at radius 2 is 0.911 bits per heavy atom. The summed E-state index contributed by atoms with van der Waals surface area (Å²) in [6.45, 7) is 45.5. The minimum Gasteiger partial charge on any atom is -0.243 e. The minimum absolute atomic E-state index is 0.221. The van der Waals surface area contributed by atoms with Gasteiger partial charge in [0.15, 0.2) is 0 Å². The molecule has 4 rings (SSSR count). The maximum atomic E-state index is 20.2. The summed E-state index contributed by atoms with van der Waals surface area (Å²) in [6.07, 6.45) is 0.740. The zero-order chi connectivity index (χ0) is 36.1. The van der Waals surface area contributed by atoms with E-state index in [1.165, 1.54) is 0 Å². The molecule has 4 aliphatic rings. The van der Waals surface area contributed by atoms with Gasteiger partial charge in [-0.3, -0.25) is 0 Å². The van der Waals surface area contributed by atoms with Gasteiger partial charge in [0.1, 0.15) is 11.3 Å². The van der Waals surface area contributed by atoms with E-state index in [0.29, 0.717) is 12.0 Å². The van der Waals surface area contributed by atoms with Crippen LogP contribution in [0.5, 0.6) is 0 Å². The Morgan fingerprint density at radius 1 is 0.511 bits per heavy atom. The molecule has 8 atom stereocenters. The van der Waals surface area contributed by atoms with Crippen LogP contribution in [-0.2, 0) is 0 Å². The first-order valence-electron chi connectivity index (χ1n) is 17.7. The van der Waals surface area contributed by atoms with E-state index < -0.39 is 88.2 Å². The Bertz CT molecular complexity index is 1320. The first kappa shape index (κ1) is 37.3. The molecule has 0 radical (unpaired) electrons. The van der Waals surface area contributed by atoms with E-state index in [0.717, 1.165) is 0 Å². The summed E-state index contributed by atoms with van der Waals surface area (Å²) in [4.78, 5) is 0. The van der Waals surface area contributed by atoms with Gasteiger partial charge < -0.3 is 0 Å². The van der Waals surface area contributed by atoms with Crippen molar-refractivity contribution in [1.29, 1.82) is 0 Å². The van der Waals surface area contributed by atoms with Crippen molar-refractivity contribution in [2.24, 2.45) is 70.9 Å². The second kappa shape index (κ2) is 8.25. The van der Waals surface area contributed by atoms with Crippen LogP contribution in [-0.4, -0.2) is 17.3 Å². The molecule has 0 N–H and O–H groups in total. The molecular formula is C41H70F4. The predicted molar refractivity (Wildman–Crippen MR) is 183 cm³/mol. The monoisotopic (exact) mass is 639 g/mol. The van der Waals surface area contributed by atoms with E-state index in [-0.39, 0.29) is 6.42 Å². The molecule has 4 saturated carbocycles. The first-order valence-corrected chi connectivity index (χ1v) is 17.7. The van der Waals surface area contributed by atoms with E-state index in [9.17, 15) is 0 Å². The van der Waals surface area contributed by atoms with Gasteiger partial charge in [-0.2, -0.15) is 0 Å². The highest BCUT2D eigenvalue weighted by molar-refractivity contribution is 5.43. The number of halogens is 4. The molecule has 0 aromatic carbocycles. The lowest BCUT2D eigenvalue weighted by molar-refractivity contribution is -0.459. The summed E-state index contributed by atoms with van der Waals surface area (Å²) in [5.74, 6) is -4.31. The molecule has 4 fully saturated rings. The molecule has 0 aromatic heterocycles. The highest BCUT2D eigenvalue weighted by atomic mass is 19.3. The van der Waals surface area contributed by atoms with Crippen LogP contribution in [0.4, 0.5) is 17.6 Å². The fourth-order valence-electron chi connectivity index (χ4n) is 14.9. The highest BCUT2D eigenvalue weighted by Crippen LogP contribution is 2.95. The first-order chi connectivity index (χ1) is 19.3. The van der Waals surface area contributed by atoms with Gasteiger partial charge in [0, 0.05) is 37.9 Å². The second-order valence-electron chi connectivity index (χ2n) is 21.6. The minimum atomic E-state index is -3.36. The van der Waals surface area contributed by atoms with Crippen LogP contribution in [0.25, 0.3) is 0 Å². The maximum Gasteiger partial charge on any atom is 0.260 e. The van der Waals surface area contributed by atoms with Crippen LogP contribution in [0.15, 0.2) is 12.2 Å². The van der Waals surface area contributed by atoms with Gasteiger partial charge in [-0.1, -0.05) is 144 Å². The third-order valence-electron chi connectivity index (χ3n) is 21.0. The lowest BCUT2D eigenvalue weighted by atomic mass is 9.19. The van der Waals surface area contributed by atoms with Crippen molar-refractivity contribution >= 4 is 0 Å². The molecule has 0 amide bonds. The molecule has 0 spiro atoms. The average molecular weight is 639 g/mol. The number of hydrogen-bond acceptors (Lipinski definition) is 0. The van der Waals surface area contributed by atoms with Crippen molar-refractivity contribution in [2.45, 2.75) is 176 Å². The smallest absolute Gasteiger partial charge is 0.243 e. The lowest BCUT2D eigenvalue weighted by Gasteiger charge is -2.86. The van der Waals surface area contributed by atoms with Crippen molar-refractivity contribution in [3.05, 3.63) is 12.2 Å². The van der Waals surface area contributed by atoms with E-state index in [4.69, 9.17) is 0 Å². The van der Waals surface area contributed by atoms with Gasteiger partial charge in [-0.05, 0) is 59.7 Å². The number of alkyl halides is 4. The van der Waals surface area contributed by atoms with Gasteiger partial charge in [0.2, 0.25) is 0 Å². The normalized spacial score (nSPS) is 52.5. The summed E-state index contributed by atoms with van der Waals surface area (Å²) in [7, 11) is 0. The summed E-state index contributed by atoms with van der Waals surface area (Å²) in [5, 5.41) is 0. The SMILES string of the molecule is C=C(C)C1(C)C(C2(C)C(C)(C)C3(F)C(C)(C)C(C)(C)C(C)(C)C4(C)CCC(C)(C2(F)F)C43C)C(C)(C)C(C)(C)C(C)(C)C1(C)F. The quantitative estimate of drug-likeness (QED) is 0.208. The fraction of sp³-hybridized carbons (Fsp3) is 0.951. The molecule has 0 aromatic rings. The molecule has 4 aliphatic carbocycles. The van der Waals surface area contributed by atoms with Crippen LogP contribution >= 0.6 is 0 Å². The number of hydrogen-bond donors (Lipinski definition) is 0. The Morgan fingerprint density at radius 3 is 1.31 bits per heavy atom. The van der Waals surface area contributed by atoms with Crippen molar-refractivity contribution in [2.75, 3.05) is 0 Å². The van der Waals surface area contributed by atoms with Gasteiger partial charge in [-0.15, -0.1) is 0 Å². The summed E-state index contributed by atoms with van der Waals surface area (Å²) < 4.78 is 76.5. The van der Waals surface area contributed by atoms with Crippen molar-refractivity contribution in [3.63, 3.8) is 0 Å². The molecule has 8 unspecified atom stereocenters. The van der Waals surface area contributed by atoms with Gasteiger partial charge in [0.05, 0.1) is 0 Å². The van der Waals surface area contributed by atoms with Crippen LogP contribution in [0.3, 0.4) is 0 Å². The third kappa shape index (κ3) is 2.73. The van der Waals surface area contributed by atoms with E-state index >= 15 is 17.6 Å². The Labute approximate surface area is 275 Å². The molecule has 0 heterocycles. The molecule has 45 heavy (non-hydrogen) atoms. The molecule has 0 nitrogen and oxygen atoms in total. The molecule has 0 bridgehead atoms. The van der Waals surface area contributed by atoms with Crippen LogP contribution in [0.1, 0.15) is 158 Å². The summed E-state index contributed by atoms with van der Waals surface area (Å²) in [5.41, 5.74) is -16.7. The largest absolute Gasteiger partial charge is 0.260 e. The van der Waals surface area contributed by atoms with E-state index in [1.54, 1.807) is 34.6 Å². The maximum absolute atomic E-state index is 20.2. The Balaban J connectivity index is 2.34. The third-order valence-corrected chi connectivity index (χ3v) is 21.0. The Hall–Kier alpha value is -0.540. The predicted octanol–water partition coefficient (Wildman–Crippen LogP) is 13.3. The van der Waals surface area contributed by atoms with Gasteiger partial charge >= 0.3 is 0 Å². The molecular weight excluding hydrogens is 568 g/mol. The van der Waals surface area contributed by atoms with Crippen molar-refractivity contribution < 1.29 is 17.6 Å². The summed E-state index contributed by atoms with van der Waals surface area (Å²) in [6, 6.07) is 0. The van der Waals surface area contributed by atoms with Crippen LogP contribution < -0.4 is 0 Å². The van der Waals surface area contributed by atoms with E-state index in [2.05, 4.69) is 55.0 Å². The Kier molecular flexibility index (Phi) is 6.83. The highest BCUT2D eigenvalue weighted by Gasteiger charge is 2.97. The zero-order valence-corrected chi connectivity index (χ0v) is 33.2. The fourth-order valence-corrected chi connectivity index (χ4v) is 14.9. The van der Waals surface area contributed by atoms with E-state index in [1.807, 2.05) is 62.3 Å². The molecule has 262 valence electrons. The van der Waals surface area contributed by atoms with Crippen molar-refractivity contribution in [1.82, 2.24) is 0 Å². The van der Waals surface area contributed by atoms with Crippen molar-refractivity contribution in [3.8, 4) is 0 Å². The molecule has 0 aliphatic heterocycles.